The molecule has 3 rings (SSSR count). The van der Waals surface area contributed by atoms with Gasteiger partial charge in [0.05, 0.1) is 18.8 Å². The van der Waals surface area contributed by atoms with Crippen LogP contribution in [0.5, 0.6) is 5.88 Å². The van der Waals surface area contributed by atoms with Crippen molar-refractivity contribution in [1.82, 2.24) is 4.98 Å². The summed E-state index contributed by atoms with van der Waals surface area (Å²) in [4.78, 5) is 16.2. The first-order valence-corrected chi connectivity index (χ1v) is 7.71. The van der Waals surface area contributed by atoms with Crippen LogP contribution in [-0.4, -0.2) is 30.2 Å². The van der Waals surface area contributed by atoms with Crippen LogP contribution in [0.4, 0.5) is 23.2 Å². The fraction of sp³-hybridized carbons (Fsp3) is 0.294. The molecule has 0 spiro atoms. The summed E-state index contributed by atoms with van der Waals surface area (Å²) in [5.41, 5.74) is -1.48. The Kier molecular flexibility index (Phi) is 5.08. The molecule has 1 saturated heterocycles. The molecule has 2 heterocycles. The molecule has 1 fully saturated rings. The zero-order chi connectivity index (χ0) is 18.7. The lowest BCUT2D eigenvalue weighted by atomic mass is 10.1. The quantitative estimate of drug-likeness (QED) is 0.835. The molecule has 1 unspecified atom stereocenters. The van der Waals surface area contributed by atoms with E-state index in [0.29, 0.717) is 31.8 Å². The number of halogens is 4. The summed E-state index contributed by atoms with van der Waals surface area (Å²) in [6.45, 7) is 1.00. The number of carbonyl (C=O) groups excluding carboxylic acids is 1. The van der Waals surface area contributed by atoms with Gasteiger partial charge in [0.25, 0.3) is 5.91 Å². The van der Waals surface area contributed by atoms with Crippen LogP contribution in [0.1, 0.15) is 22.3 Å². The van der Waals surface area contributed by atoms with Crippen molar-refractivity contribution >= 4 is 11.6 Å². The predicted octanol–water partition coefficient (Wildman–Crippen LogP) is 3.66. The maximum Gasteiger partial charge on any atom is 0.419 e. The molecule has 138 valence electrons. The minimum atomic E-state index is -4.86. The van der Waals surface area contributed by atoms with Gasteiger partial charge in [0.15, 0.2) is 0 Å². The number of amides is 1. The maximum atomic E-state index is 13.3. The third kappa shape index (κ3) is 4.29. The Labute approximate surface area is 145 Å². The molecular formula is C17H14F4N2O3. The van der Waals surface area contributed by atoms with E-state index in [2.05, 4.69) is 10.3 Å². The summed E-state index contributed by atoms with van der Waals surface area (Å²) in [5, 5.41) is 2.31. The number of hydrogen-bond acceptors (Lipinski definition) is 4. The summed E-state index contributed by atoms with van der Waals surface area (Å²) in [5.74, 6) is -1.86. The summed E-state index contributed by atoms with van der Waals surface area (Å²) < 4.78 is 62.3. The molecule has 26 heavy (non-hydrogen) atoms. The van der Waals surface area contributed by atoms with Crippen molar-refractivity contribution in [2.45, 2.75) is 18.7 Å². The van der Waals surface area contributed by atoms with E-state index < -0.39 is 23.5 Å². The zero-order valence-corrected chi connectivity index (χ0v) is 13.3. The van der Waals surface area contributed by atoms with Crippen LogP contribution in [0.2, 0.25) is 0 Å². The highest BCUT2D eigenvalue weighted by Gasteiger charge is 2.34. The van der Waals surface area contributed by atoms with E-state index in [0.717, 1.165) is 6.07 Å². The van der Waals surface area contributed by atoms with Gasteiger partial charge < -0.3 is 14.8 Å². The molecular weight excluding hydrogens is 356 g/mol. The first kappa shape index (κ1) is 18.1. The standard InChI is InChI=1S/C17H14F4N2O3/c18-14-2-1-11(8-13(14)17(19,20)21)23-16(24)10-3-5-22-15(7-10)26-12-4-6-25-9-12/h1-3,5,7-8,12H,4,6,9H2,(H,23,24). The van der Waals surface area contributed by atoms with Gasteiger partial charge in [0.1, 0.15) is 11.9 Å². The molecule has 0 radical (unpaired) electrons. The second-order valence-corrected chi connectivity index (χ2v) is 5.63. The number of aromatic nitrogens is 1. The Balaban J connectivity index is 1.74. The lowest BCUT2D eigenvalue weighted by Crippen LogP contribution is -2.18. The molecule has 1 aromatic heterocycles. The molecule has 0 aliphatic carbocycles. The van der Waals surface area contributed by atoms with E-state index in [4.69, 9.17) is 9.47 Å². The molecule has 1 N–H and O–H groups in total. The topological polar surface area (TPSA) is 60.5 Å². The molecule has 5 nitrogen and oxygen atoms in total. The van der Waals surface area contributed by atoms with E-state index in [9.17, 15) is 22.4 Å². The number of carbonyl (C=O) groups is 1. The Morgan fingerprint density at radius 1 is 1.27 bits per heavy atom. The number of benzene rings is 1. The van der Waals surface area contributed by atoms with Crippen LogP contribution >= 0.6 is 0 Å². The Hall–Kier alpha value is -2.68. The van der Waals surface area contributed by atoms with Crippen LogP contribution in [0.3, 0.4) is 0 Å². The predicted molar refractivity (Wildman–Crippen MR) is 83.4 cm³/mol. The molecule has 2 aromatic rings. The molecule has 1 amide bonds. The van der Waals surface area contributed by atoms with Crippen molar-refractivity contribution in [3.8, 4) is 5.88 Å². The second-order valence-electron chi connectivity index (χ2n) is 5.63. The fourth-order valence-electron chi connectivity index (χ4n) is 2.42. The van der Waals surface area contributed by atoms with Gasteiger partial charge in [0, 0.05) is 29.9 Å². The van der Waals surface area contributed by atoms with Crippen molar-refractivity contribution < 1.29 is 31.8 Å². The van der Waals surface area contributed by atoms with Crippen LogP contribution in [-0.2, 0) is 10.9 Å². The average Bonchev–Trinajstić information content (AvgIpc) is 3.09. The second kappa shape index (κ2) is 7.28. The first-order valence-electron chi connectivity index (χ1n) is 7.71. The number of alkyl halides is 3. The van der Waals surface area contributed by atoms with Crippen molar-refractivity contribution in [1.29, 1.82) is 0 Å². The van der Waals surface area contributed by atoms with Crippen molar-refractivity contribution in [2.75, 3.05) is 18.5 Å². The molecule has 0 bridgehead atoms. The highest BCUT2D eigenvalue weighted by Crippen LogP contribution is 2.33. The average molecular weight is 370 g/mol. The molecule has 0 saturated carbocycles. The van der Waals surface area contributed by atoms with Gasteiger partial charge in [-0.25, -0.2) is 9.37 Å². The third-order valence-electron chi connectivity index (χ3n) is 3.70. The maximum absolute atomic E-state index is 13.3. The monoisotopic (exact) mass is 370 g/mol. The summed E-state index contributed by atoms with van der Waals surface area (Å²) >= 11 is 0. The lowest BCUT2D eigenvalue weighted by Gasteiger charge is -2.12. The van der Waals surface area contributed by atoms with E-state index in [1.165, 1.54) is 18.3 Å². The number of rotatable bonds is 4. The zero-order valence-electron chi connectivity index (χ0n) is 13.3. The van der Waals surface area contributed by atoms with E-state index in [1.807, 2.05) is 0 Å². The SMILES string of the molecule is O=C(Nc1ccc(F)c(C(F)(F)F)c1)c1ccnc(OC2CCOC2)c1. The minimum absolute atomic E-state index is 0.145. The number of nitrogens with one attached hydrogen (secondary N) is 1. The van der Waals surface area contributed by atoms with Gasteiger partial charge in [-0.2, -0.15) is 13.2 Å². The number of nitrogens with zero attached hydrogens (tertiary/aromatic N) is 1. The summed E-state index contributed by atoms with van der Waals surface area (Å²) in [6, 6.07) is 5.02. The van der Waals surface area contributed by atoms with Crippen molar-refractivity contribution in [2.24, 2.45) is 0 Å². The Morgan fingerprint density at radius 2 is 2.08 bits per heavy atom. The Bertz CT molecular complexity index is 805. The van der Waals surface area contributed by atoms with Gasteiger partial charge in [-0.3, -0.25) is 4.79 Å². The summed E-state index contributed by atoms with van der Waals surface area (Å²) in [6.07, 6.45) is -2.96. The molecule has 1 aliphatic heterocycles. The van der Waals surface area contributed by atoms with E-state index in [-0.39, 0.29) is 23.2 Å². The Morgan fingerprint density at radius 3 is 2.77 bits per heavy atom. The molecule has 1 aliphatic rings. The molecule has 9 heteroatoms. The van der Waals surface area contributed by atoms with Gasteiger partial charge >= 0.3 is 6.18 Å². The van der Waals surface area contributed by atoms with Gasteiger partial charge in [-0.1, -0.05) is 0 Å². The van der Waals surface area contributed by atoms with Crippen LogP contribution in [0.25, 0.3) is 0 Å². The lowest BCUT2D eigenvalue weighted by molar-refractivity contribution is -0.139. The van der Waals surface area contributed by atoms with Crippen molar-refractivity contribution in [3.63, 3.8) is 0 Å². The number of hydrogen-bond donors (Lipinski definition) is 1. The molecule has 1 aromatic carbocycles. The van der Waals surface area contributed by atoms with Crippen LogP contribution < -0.4 is 10.1 Å². The number of anilines is 1. The minimum Gasteiger partial charge on any atom is -0.472 e. The van der Waals surface area contributed by atoms with Gasteiger partial charge in [0.2, 0.25) is 5.88 Å². The largest absolute Gasteiger partial charge is 0.472 e. The third-order valence-corrected chi connectivity index (χ3v) is 3.70. The number of ether oxygens (including phenoxy) is 2. The first-order chi connectivity index (χ1) is 12.3. The van der Waals surface area contributed by atoms with Gasteiger partial charge in [-0.05, 0) is 24.3 Å². The smallest absolute Gasteiger partial charge is 0.419 e. The highest BCUT2D eigenvalue weighted by atomic mass is 19.4. The van der Waals surface area contributed by atoms with Crippen molar-refractivity contribution in [3.05, 3.63) is 53.5 Å². The normalized spacial score (nSPS) is 17.2. The van der Waals surface area contributed by atoms with E-state index in [1.54, 1.807) is 0 Å². The van der Waals surface area contributed by atoms with E-state index >= 15 is 0 Å². The summed E-state index contributed by atoms with van der Waals surface area (Å²) in [7, 11) is 0. The molecule has 1 atom stereocenters. The van der Waals surface area contributed by atoms with Gasteiger partial charge in [-0.15, -0.1) is 0 Å². The van der Waals surface area contributed by atoms with Crippen LogP contribution in [0.15, 0.2) is 36.5 Å². The highest BCUT2D eigenvalue weighted by molar-refractivity contribution is 6.04. The van der Waals surface area contributed by atoms with Crippen LogP contribution in [0, 0.1) is 5.82 Å². The number of pyridine rings is 1. The fourth-order valence-corrected chi connectivity index (χ4v) is 2.42.